The van der Waals surface area contributed by atoms with E-state index in [2.05, 4.69) is 39.0 Å². The Morgan fingerprint density at radius 2 is 2.28 bits per heavy atom. The molecule has 0 aliphatic rings. The van der Waals surface area contributed by atoms with Crippen LogP contribution in [-0.2, 0) is 6.54 Å². The molecule has 0 radical (unpaired) electrons. The number of ether oxygens (including phenoxy) is 1. The van der Waals surface area contributed by atoms with Gasteiger partial charge in [0, 0.05) is 29.5 Å². The molecule has 3 heteroatoms. The van der Waals surface area contributed by atoms with Gasteiger partial charge in [-0.25, -0.2) is 0 Å². The van der Waals surface area contributed by atoms with Crippen LogP contribution in [0.5, 0.6) is 5.75 Å². The Kier molecular flexibility index (Phi) is 7.03. The molecule has 0 aliphatic carbocycles. The Hall–Kier alpha value is -1.42. The van der Waals surface area contributed by atoms with Gasteiger partial charge in [-0.1, -0.05) is 21.9 Å². The van der Waals surface area contributed by atoms with Crippen LogP contribution in [0.4, 0.5) is 0 Å². The van der Waals surface area contributed by atoms with Crippen LogP contribution >= 0.6 is 15.9 Å². The summed E-state index contributed by atoms with van der Waals surface area (Å²) in [7, 11) is 0. The Bertz CT molecular complexity index is 479. The predicted octanol–water partition coefficient (Wildman–Crippen LogP) is 2.96. The zero-order valence-corrected chi connectivity index (χ0v) is 12.0. The Labute approximate surface area is 117 Å². The van der Waals surface area contributed by atoms with Gasteiger partial charge in [-0.05, 0) is 25.1 Å². The summed E-state index contributed by atoms with van der Waals surface area (Å²) in [5, 5.41) is 3.33. The summed E-state index contributed by atoms with van der Waals surface area (Å²) in [4.78, 5) is 0. The first-order chi connectivity index (χ1) is 8.77. The van der Waals surface area contributed by atoms with Crippen LogP contribution in [0.15, 0.2) is 22.7 Å². The van der Waals surface area contributed by atoms with Crippen molar-refractivity contribution in [1.29, 1.82) is 0 Å². The zero-order chi connectivity index (χ0) is 13.2. The van der Waals surface area contributed by atoms with Crippen molar-refractivity contribution >= 4 is 15.9 Å². The Balaban J connectivity index is 2.57. The van der Waals surface area contributed by atoms with Crippen molar-refractivity contribution < 1.29 is 4.74 Å². The van der Waals surface area contributed by atoms with Gasteiger partial charge >= 0.3 is 0 Å². The van der Waals surface area contributed by atoms with E-state index in [1.165, 1.54) is 0 Å². The maximum Gasteiger partial charge on any atom is 0.148 e. The summed E-state index contributed by atoms with van der Waals surface area (Å²) in [5.74, 6) is 9.18. The SMILES string of the molecule is C#CCOc1ccc(Br)cc1CNCCC#CC. The Morgan fingerprint density at radius 1 is 1.44 bits per heavy atom. The molecule has 0 aromatic heterocycles. The molecule has 1 aromatic carbocycles. The van der Waals surface area contributed by atoms with Crippen molar-refractivity contribution in [1.82, 2.24) is 5.32 Å². The van der Waals surface area contributed by atoms with Crippen molar-refractivity contribution in [3.05, 3.63) is 28.2 Å². The molecule has 0 amide bonds. The molecule has 0 saturated heterocycles. The lowest BCUT2D eigenvalue weighted by molar-refractivity contribution is 0.365. The minimum absolute atomic E-state index is 0.288. The van der Waals surface area contributed by atoms with Crippen LogP contribution in [0.3, 0.4) is 0 Å². The highest BCUT2D eigenvalue weighted by Gasteiger charge is 2.03. The van der Waals surface area contributed by atoms with E-state index in [-0.39, 0.29) is 6.61 Å². The summed E-state index contributed by atoms with van der Waals surface area (Å²) in [5.41, 5.74) is 1.09. The number of terminal acetylenes is 1. The number of nitrogens with one attached hydrogen (secondary N) is 1. The molecule has 0 aliphatic heterocycles. The van der Waals surface area contributed by atoms with E-state index in [1.54, 1.807) is 0 Å². The topological polar surface area (TPSA) is 21.3 Å². The summed E-state index contributed by atoms with van der Waals surface area (Å²) in [6.07, 6.45) is 6.05. The second-order valence-electron chi connectivity index (χ2n) is 3.60. The monoisotopic (exact) mass is 305 g/mol. The Morgan fingerprint density at radius 3 is 3.00 bits per heavy atom. The molecule has 0 bridgehead atoms. The molecule has 0 spiro atoms. The van der Waals surface area contributed by atoms with Crippen LogP contribution in [-0.4, -0.2) is 13.2 Å². The fraction of sp³-hybridized carbons (Fsp3) is 0.333. The maximum absolute atomic E-state index is 5.49. The van der Waals surface area contributed by atoms with Gasteiger partial charge in [-0.3, -0.25) is 0 Å². The first-order valence-electron chi connectivity index (χ1n) is 5.73. The molecular formula is C15H16BrNO. The van der Waals surface area contributed by atoms with Crippen molar-refractivity contribution in [2.45, 2.75) is 19.9 Å². The minimum Gasteiger partial charge on any atom is -0.481 e. The van der Waals surface area contributed by atoms with E-state index in [4.69, 9.17) is 11.2 Å². The molecule has 2 nitrogen and oxygen atoms in total. The minimum atomic E-state index is 0.288. The van der Waals surface area contributed by atoms with E-state index in [1.807, 2.05) is 25.1 Å². The van der Waals surface area contributed by atoms with Gasteiger partial charge in [0.1, 0.15) is 12.4 Å². The van der Waals surface area contributed by atoms with Crippen LogP contribution in [0, 0.1) is 24.2 Å². The van der Waals surface area contributed by atoms with Crippen LogP contribution in [0.1, 0.15) is 18.9 Å². The first-order valence-corrected chi connectivity index (χ1v) is 6.52. The number of halogens is 1. The third kappa shape index (κ3) is 5.27. The van der Waals surface area contributed by atoms with Gasteiger partial charge in [0.2, 0.25) is 0 Å². The van der Waals surface area contributed by atoms with Gasteiger partial charge in [-0.2, -0.15) is 0 Å². The van der Waals surface area contributed by atoms with E-state index in [0.717, 1.165) is 35.3 Å². The average Bonchev–Trinajstić information content (AvgIpc) is 2.37. The normalized spacial score (nSPS) is 9.17. The first kappa shape index (κ1) is 14.6. The highest BCUT2D eigenvalue weighted by atomic mass is 79.9. The third-order valence-corrected chi connectivity index (χ3v) is 2.75. The molecule has 18 heavy (non-hydrogen) atoms. The van der Waals surface area contributed by atoms with Crippen molar-refractivity contribution in [2.24, 2.45) is 0 Å². The van der Waals surface area contributed by atoms with E-state index >= 15 is 0 Å². The standard InChI is InChI=1S/C15H16BrNO/c1-3-5-6-9-17-12-13-11-14(16)7-8-15(13)18-10-4-2/h2,7-8,11,17H,6,9-10,12H2,1H3. The molecule has 1 aromatic rings. The quantitative estimate of drug-likeness (QED) is 0.644. The van der Waals surface area contributed by atoms with Crippen LogP contribution in [0.25, 0.3) is 0 Å². The highest BCUT2D eigenvalue weighted by molar-refractivity contribution is 9.10. The van der Waals surface area contributed by atoms with Gasteiger partial charge in [0.05, 0.1) is 0 Å². The third-order valence-electron chi connectivity index (χ3n) is 2.25. The van der Waals surface area contributed by atoms with Crippen LogP contribution < -0.4 is 10.1 Å². The summed E-state index contributed by atoms with van der Waals surface area (Å²) >= 11 is 3.45. The molecular weight excluding hydrogens is 290 g/mol. The number of hydrogen-bond acceptors (Lipinski definition) is 2. The van der Waals surface area contributed by atoms with Crippen LogP contribution in [0.2, 0.25) is 0 Å². The lowest BCUT2D eigenvalue weighted by atomic mass is 10.2. The second-order valence-corrected chi connectivity index (χ2v) is 4.51. The lowest BCUT2D eigenvalue weighted by Gasteiger charge is -2.10. The van der Waals surface area contributed by atoms with E-state index in [9.17, 15) is 0 Å². The number of rotatable bonds is 6. The van der Waals surface area contributed by atoms with Gasteiger partial charge in [-0.15, -0.1) is 18.3 Å². The summed E-state index contributed by atoms with van der Waals surface area (Å²) < 4.78 is 6.52. The number of hydrogen-bond donors (Lipinski definition) is 1. The zero-order valence-electron chi connectivity index (χ0n) is 10.4. The molecule has 0 atom stereocenters. The van der Waals surface area contributed by atoms with E-state index in [0.29, 0.717) is 0 Å². The summed E-state index contributed by atoms with van der Waals surface area (Å²) in [6.45, 7) is 3.74. The maximum atomic E-state index is 5.49. The van der Waals surface area contributed by atoms with Crippen molar-refractivity contribution in [2.75, 3.05) is 13.2 Å². The van der Waals surface area contributed by atoms with Crippen molar-refractivity contribution in [3.63, 3.8) is 0 Å². The lowest BCUT2D eigenvalue weighted by Crippen LogP contribution is -2.15. The number of benzene rings is 1. The highest BCUT2D eigenvalue weighted by Crippen LogP contribution is 2.23. The summed E-state index contributed by atoms with van der Waals surface area (Å²) in [6, 6.07) is 5.90. The second kappa shape index (κ2) is 8.64. The molecule has 1 rings (SSSR count). The average molecular weight is 306 g/mol. The molecule has 0 fully saturated rings. The van der Waals surface area contributed by atoms with Gasteiger partial charge in [0.25, 0.3) is 0 Å². The molecule has 1 N–H and O–H groups in total. The van der Waals surface area contributed by atoms with Gasteiger partial charge < -0.3 is 10.1 Å². The molecule has 0 unspecified atom stereocenters. The molecule has 94 valence electrons. The predicted molar refractivity (Wildman–Crippen MR) is 78.2 cm³/mol. The molecule has 0 heterocycles. The van der Waals surface area contributed by atoms with Crippen molar-refractivity contribution in [3.8, 4) is 29.9 Å². The fourth-order valence-electron chi connectivity index (χ4n) is 1.45. The molecule has 0 saturated carbocycles. The largest absolute Gasteiger partial charge is 0.481 e. The fourth-order valence-corrected chi connectivity index (χ4v) is 1.85. The van der Waals surface area contributed by atoms with E-state index < -0.39 is 0 Å². The van der Waals surface area contributed by atoms with Gasteiger partial charge in [0.15, 0.2) is 0 Å². The smallest absolute Gasteiger partial charge is 0.148 e.